The van der Waals surface area contributed by atoms with Crippen molar-refractivity contribution in [3.05, 3.63) is 45.0 Å². The molecule has 0 radical (unpaired) electrons. The van der Waals surface area contributed by atoms with Gasteiger partial charge in [-0.05, 0) is 78.8 Å². The van der Waals surface area contributed by atoms with Crippen molar-refractivity contribution < 1.29 is 14.0 Å². The highest BCUT2D eigenvalue weighted by Gasteiger charge is 2.14. The molecule has 3 rings (SSSR count). The van der Waals surface area contributed by atoms with E-state index in [0.29, 0.717) is 35.0 Å². The Morgan fingerprint density at radius 2 is 1.75 bits per heavy atom. The van der Waals surface area contributed by atoms with Gasteiger partial charge in [0.1, 0.15) is 11.5 Å². The molecule has 0 amide bonds. The van der Waals surface area contributed by atoms with Gasteiger partial charge in [-0.2, -0.15) is 4.98 Å². The number of benzene rings is 2. The molecule has 5 nitrogen and oxygen atoms in total. The molecule has 1 aromatic heterocycles. The van der Waals surface area contributed by atoms with E-state index < -0.39 is 0 Å². The van der Waals surface area contributed by atoms with Gasteiger partial charge in [0.05, 0.1) is 21.3 Å². The van der Waals surface area contributed by atoms with Crippen LogP contribution in [0.15, 0.2) is 40.9 Å². The van der Waals surface area contributed by atoms with Crippen LogP contribution in [-0.2, 0) is 0 Å². The maximum Gasteiger partial charge on any atom is 0.258 e. The lowest BCUT2D eigenvalue weighted by molar-refractivity contribution is 0.240. The predicted molar refractivity (Wildman–Crippen MR) is 119 cm³/mol. The summed E-state index contributed by atoms with van der Waals surface area (Å²) in [5.74, 6) is 2.83. The van der Waals surface area contributed by atoms with Crippen molar-refractivity contribution in [2.45, 2.75) is 33.8 Å². The number of halogens is 2. The van der Waals surface area contributed by atoms with Crippen LogP contribution in [0.3, 0.4) is 0 Å². The molecule has 3 aromatic rings. The van der Waals surface area contributed by atoms with E-state index in [0.717, 1.165) is 20.4 Å². The van der Waals surface area contributed by atoms with Crippen LogP contribution in [0.4, 0.5) is 0 Å². The third-order valence-electron chi connectivity index (χ3n) is 3.73. The average Bonchev–Trinajstić information content (AvgIpc) is 3.12. The Labute approximate surface area is 183 Å². The number of ether oxygens (including phenoxy) is 2. The summed E-state index contributed by atoms with van der Waals surface area (Å²) in [6.45, 7) is 8.79. The molecule has 7 heteroatoms. The van der Waals surface area contributed by atoms with Crippen LogP contribution in [0.2, 0.25) is 5.02 Å². The van der Waals surface area contributed by atoms with E-state index in [1.165, 1.54) is 0 Å². The number of aromatic nitrogens is 2. The molecule has 148 valence electrons. The SMILES string of the molecule is CC(C)COc1ccc(-c2nc(-c3ccc(OC(C)C)c(I)c3)no2)cc1Cl. The second-order valence-electron chi connectivity index (χ2n) is 7.08. The summed E-state index contributed by atoms with van der Waals surface area (Å²) in [6, 6.07) is 11.3. The van der Waals surface area contributed by atoms with Crippen LogP contribution in [0.1, 0.15) is 27.7 Å². The first-order valence-corrected chi connectivity index (χ1v) is 10.5. The topological polar surface area (TPSA) is 57.4 Å². The minimum atomic E-state index is 0.119. The summed E-state index contributed by atoms with van der Waals surface area (Å²) in [7, 11) is 0. The van der Waals surface area contributed by atoms with Gasteiger partial charge in [0, 0.05) is 11.1 Å². The third kappa shape index (κ3) is 5.17. The molecular weight excluding hydrogens is 491 g/mol. The van der Waals surface area contributed by atoms with Gasteiger partial charge in [0.15, 0.2) is 0 Å². The third-order valence-corrected chi connectivity index (χ3v) is 4.87. The summed E-state index contributed by atoms with van der Waals surface area (Å²) in [5.41, 5.74) is 1.61. The van der Waals surface area contributed by atoms with Gasteiger partial charge < -0.3 is 14.0 Å². The molecular formula is C21H22ClIN2O3. The normalized spacial score (nSPS) is 11.3. The van der Waals surface area contributed by atoms with Crippen LogP contribution in [0.25, 0.3) is 22.8 Å². The molecule has 0 aliphatic heterocycles. The highest BCUT2D eigenvalue weighted by molar-refractivity contribution is 14.1. The number of hydrogen-bond donors (Lipinski definition) is 0. The summed E-state index contributed by atoms with van der Waals surface area (Å²) < 4.78 is 17.9. The second kappa shape index (κ2) is 9.13. The van der Waals surface area contributed by atoms with Crippen LogP contribution < -0.4 is 9.47 Å². The number of nitrogens with zero attached hydrogens (tertiary/aromatic N) is 2. The zero-order valence-electron chi connectivity index (χ0n) is 16.2. The molecule has 0 bridgehead atoms. The largest absolute Gasteiger partial charge is 0.492 e. The monoisotopic (exact) mass is 512 g/mol. The molecule has 0 fully saturated rings. The average molecular weight is 513 g/mol. The first-order valence-electron chi connectivity index (χ1n) is 9.06. The first-order chi connectivity index (χ1) is 13.3. The van der Waals surface area contributed by atoms with Crippen molar-refractivity contribution in [2.24, 2.45) is 5.92 Å². The Morgan fingerprint density at radius 3 is 2.39 bits per heavy atom. The fourth-order valence-corrected chi connectivity index (χ4v) is 3.33. The van der Waals surface area contributed by atoms with Crippen molar-refractivity contribution in [3.8, 4) is 34.3 Å². The standard InChI is InChI=1S/C21H22ClIN2O3/c1-12(2)11-26-18-7-6-15(9-16(18)22)21-24-20(25-28-21)14-5-8-19(17(23)10-14)27-13(3)4/h5-10,12-13H,11H2,1-4H3. The predicted octanol–water partition coefficient (Wildman–Crippen LogP) is 6.48. The fourth-order valence-electron chi connectivity index (χ4n) is 2.45. The van der Waals surface area contributed by atoms with Crippen LogP contribution in [0, 0.1) is 9.49 Å². The molecule has 0 unspecified atom stereocenters. The molecule has 2 aromatic carbocycles. The lowest BCUT2D eigenvalue weighted by Crippen LogP contribution is -2.06. The van der Waals surface area contributed by atoms with Gasteiger partial charge in [-0.1, -0.05) is 30.6 Å². The van der Waals surface area contributed by atoms with E-state index in [1.54, 1.807) is 6.07 Å². The molecule has 0 saturated heterocycles. The lowest BCUT2D eigenvalue weighted by Gasteiger charge is -2.11. The maximum absolute atomic E-state index is 6.34. The molecule has 0 saturated carbocycles. The molecule has 0 N–H and O–H groups in total. The Hall–Kier alpha value is -1.80. The van der Waals surface area contributed by atoms with Gasteiger partial charge in [0.25, 0.3) is 5.89 Å². The van der Waals surface area contributed by atoms with Crippen molar-refractivity contribution in [2.75, 3.05) is 6.61 Å². The first kappa shape index (κ1) is 20.9. The quantitative estimate of drug-likeness (QED) is 0.339. The Morgan fingerprint density at radius 1 is 1.04 bits per heavy atom. The minimum absolute atomic E-state index is 0.119. The number of rotatable bonds is 7. The smallest absolute Gasteiger partial charge is 0.258 e. The Bertz CT molecular complexity index is 957. The van der Waals surface area contributed by atoms with E-state index >= 15 is 0 Å². The molecule has 0 aliphatic carbocycles. The van der Waals surface area contributed by atoms with E-state index in [9.17, 15) is 0 Å². The van der Waals surface area contributed by atoms with Crippen molar-refractivity contribution in [1.82, 2.24) is 10.1 Å². The Balaban J connectivity index is 1.80. The summed E-state index contributed by atoms with van der Waals surface area (Å²) >= 11 is 8.58. The summed E-state index contributed by atoms with van der Waals surface area (Å²) in [5, 5.41) is 4.62. The Kier molecular flexibility index (Phi) is 6.82. The second-order valence-corrected chi connectivity index (χ2v) is 8.65. The zero-order valence-corrected chi connectivity index (χ0v) is 19.1. The van der Waals surface area contributed by atoms with Crippen molar-refractivity contribution >= 4 is 34.2 Å². The van der Waals surface area contributed by atoms with Gasteiger partial charge >= 0.3 is 0 Å². The number of hydrogen-bond acceptors (Lipinski definition) is 5. The van der Waals surface area contributed by atoms with Crippen LogP contribution in [-0.4, -0.2) is 22.9 Å². The lowest BCUT2D eigenvalue weighted by atomic mass is 10.2. The van der Waals surface area contributed by atoms with Crippen molar-refractivity contribution in [3.63, 3.8) is 0 Å². The maximum atomic E-state index is 6.34. The van der Waals surface area contributed by atoms with Gasteiger partial charge in [0.2, 0.25) is 5.82 Å². The molecule has 0 atom stereocenters. The van der Waals surface area contributed by atoms with E-state index in [2.05, 4.69) is 46.6 Å². The molecule has 0 aliphatic rings. The summed E-state index contributed by atoms with van der Waals surface area (Å²) in [4.78, 5) is 4.51. The summed E-state index contributed by atoms with van der Waals surface area (Å²) in [6.07, 6.45) is 0.119. The van der Waals surface area contributed by atoms with Crippen molar-refractivity contribution in [1.29, 1.82) is 0 Å². The van der Waals surface area contributed by atoms with Crippen LogP contribution in [0.5, 0.6) is 11.5 Å². The van der Waals surface area contributed by atoms with Gasteiger partial charge in [-0.3, -0.25) is 0 Å². The minimum Gasteiger partial charge on any atom is -0.492 e. The van der Waals surface area contributed by atoms with E-state index in [1.807, 2.05) is 44.2 Å². The zero-order chi connectivity index (χ0) is 20.3. The van der Waals surface area contributed by atoms with E-state index in [4.69, 9.17) is 25.6 Å². The van der Waals surface area contributed by atoms with Gasteiger partial charge in [-0.15, -0.1) is 0 Å². The highest BCUT2D eigenvalue weighted by atomic mass is 127. The fraction of sp³-hybridized carbons (Fsp3) is 0.333. The highest BCUT2D eigenvalue weighted by Crippen LogP contribution is 2.32. The molecule has 0 spiro atoms. The molecule has 28 heavy (non-hydrogen) atoms. The van der Waals surface area contributed by atoms with E-state index in [-0.39, 0.29) is 6.10 Å². The molecule has 1 heterocycles. The van der Waals surface area contributed by atoms with Gasteiger partial charge in [-0.25, -0.2) is 0 Å². The van der Waals surface area contributed by atoms with Crippen LogP contribution >= 0.6 is 34.2 Å².